The van der Waals surface area contributed by atoms with Crippen molar-refractivity contribution >= 4 is 93.4 Å². The van der Waals surface area contributed by atoms with Gasteiger partial charge in [0.05, 0.1) is 27.8 Å². The van der Waals surface area contributed by atoms with E-state index >= 15 is 0 Å². The SMILES string of the molecule is c1ccc(-c2ccc(N(c3ccc(-c4ccc5c(c4)c4ccccc4n5-c4ccccc4)cc3)c3ccc(-c4nc5c6ccccc6c6ccccc6c5n4-c4ccc5c(c4)oc4ccccc45)cc3)cc2)cc1. The third kappa shape index (κ3) is 6.68. The minimum Gasteiger partial charge on any atom is -0.456 e. The second kappa shape index (κ2) is 16.8. The van der Waals surface area contributed by atoms with Crippen LogP contribution in [0.2, 0.25) is 0 Å². The molecule has 0 radical (unpaired) electrons. The summed E-state index contributed by atoms with van der Waals surface area (Å²) in [5, 5.41) is 9.32. The van der Waals surface area contributed by atoms with Crippen LogP contribution in [0.5, 0.6) is 0 Å². The van der Waals surface area contributed by atoms with Gasteiger partial charge in [0.1, 0.15) is 17.0 Å². The highest BCUT2D eigenvalue weighted by atomic mass is 16.3. The molecule has 0 amide bonds. The Morgan fingerprint density at radius 1 is 0.297 bits per heavy atom. The summed E-state index contributed by atoms with van der Waals surface area (Å²) in [6.45, 7) is 0. The number of rotatable bonds is 8. The first-order chi connectivity index (χ1) is 36.7. The van der Waals surface area contributed by atoms with Crippen molar-refractivity contribution in [1.82, 2.24) is 14.1 Å². The number of para-hydroxylation sites is 3. The fraction of sp³-hybridized carbons (Fsp3) is 0. The fourth-order valence-electron chi connectivity index (χ4n) is 11.5. The lowest BCUT2D eigenvalue weighted by Crippen LogP contribution is -2.10. The van der Waals surface area contributed by atoms with Crippen molar-refractivity contribution in [2.24, 2.45) is 0 Å². The molecule has 3 heterocycles. The molecule has 0 saturated heterocycles. The zero-order chi connectivity index (χ0) is 48.7. The molecule has 0 atom stereocenters. The molecule has 346 valence electrons. The molecule has 15 rings (SSSR count). The van der Waals surface area contributed by atoms with Gasteiger partial charge in [-0.2, -0.15) is 0 Å². The Morgan fingerprint density at radius 2 is 0.797 bits per heavy atom. The van der Waals surface area contributed by atoms with Crippen LogP contribution >= 0.6 is 0 Å². The molecule has 0 bridgehead atoms. The first kappa shape index (κ1) is 41.8. The maximum atomic E-state index is 6.51. The van der Waals surface area contributed by atoms with E-state index in [9.17, 15) is 0 Å². The molecule has 0 N–H and O–H groups in total. The normalized spacial score (nSPS) is 11.8. The average Bonchev–Trinajstić information content (AvgIpc) is 4.19. The summed E-state index contributed by atoms with van der Waals surface area (Å²) >= 11 is 0. The number of nitrogens with zero attached hydrogens (tertiary/aromatic N) is 4. The predicted octanol–water partition coefficient (Wildman–Crippen LogP) is 18.8. The van der Waals surface area contributed by atoms with Crippen LogP contribution in [-0.2, 0) is 0 Å². The first-order valence-corrected chi connectivity index (χ1v) is 25.2. The van der Waals surface area contributed by atoms with Gasteiger partial charge in [0, 0.05) is 66.7 Å². The number of furan rings is 1. The Balaban J connectivity index is 0.866. The van der Waals surface area contributed by atoms with Crippen molar-refractivity contribution in [3.05, 3.63) is 267 Å². The summed E-state index contributed by atoms with van der Waals surface area (Å²) in [4.78, 5) is 7.94. The minimum atomic E-state index is 0.841. The monoisotopic (exact) mass is 944 g/mol. The zero-order valence-corrected chi connectivity index (χ0v) is 40.1. The topological polar surface area (TPSA) is 39.1 Å². The first-order valence-electron chi connectivity index (χ1n) is 25.2. The van der Waals surface area contributed by atoms with Crippen LogP contribution in [0, 0.1) is 0 Å². The number of anilines is 3. The van der Waals surface area contributed by atoms with Crippen LogP contribution in [0.1, 0.15) is 0 Å². The standard InChI is InChI=1S/C69H44N4O/c1-3-15-45(16-4-1)46-27-34-51(35-28-46)71(52-36-29-47(30-37-52)49-33-42-64-62(43-49)57-21-11-13-25-63(57)72(64)50-17-5-2-6-18-50)53-38-31-48(32-39-53)69-70-67-60-23-9-7-19-55(60)56-20-8-10-24-61(56)68(67)73(69)54-40-41-59-58-22-12-14-26-65(58)74-66(59)44-54/h1-44H. The van der Waals surface area contributed by atoms with Gasteiger partial charge in [-0.15, -0.1) is 0 Å². The molecule has 12 aromatic carbocycles. The van der Waals surface area contributed by atoms with Crippen LogP contribution < -0.4 is 4.90 Å². The molecular formula is C69H44N4O. The van der Waals surface area contributed by atoms with Gasteiger partial charge in [-0.3, -0.25) is 4.57 Å². The second-order valence-corrected chi connectivity index (χ2v) is 19.1. The van der Waals surface area contributed by atoms with E-state index in [1.54, 1.807) is 0 Å². The van der Waals surface area contributed by atoms with E-state index < -0.39 is 0 Å². The summed E-state index contributed by atoms with van der Waals surface area (Å²) in [6, 6.07) is 95.7. The highest BCUT2D eigenvalue weighted by Crippen LogP contribution is 2.43. The second-order valence-electron chi connectivity index (χ2n) is 19.1. The zero-order valence-electron chi connectivity index (χ0n) is 40.1. The van der Waals surface area contributed by atoms with Crippen molar-refractivity contribution in [3.63, 3.8) is 0 Å². The van der Waals surface area contributed by atoms with Crippen molar-refractivity contribution < 1.29 is 4.42 Å². The van der Waals surface area contributed by atoms with Crippen LogP contribution in [0.4, 0.5) is 17.1 Å². The van der Waals surface area contributed by atoms with Gasteiger partial charge in [-0.1, -0.05) is 164 Å². The molecule has 0 spiro atoms. The Bertz CT molecular complexity index is 4630. The lowest BCUT2D eigenvalue weighted by Gasteiger charge is -2.26. The molecule has 0 unspecified atom stereocenters. The molecule has 0 aliphatic heterocycles. The molecule has 0 saturated carbocycles. The molecule has 0 aliphatic carbocycles. The number of aromatic nitrogens is 3. The van der Waals surface area contributed by atoms with Gasteiger partial charge < -0.3 is 13.9 Å². The van der Waals surface area contributed by atoms with Gasteiger partial charge >= 0.3 is 0 Å². The fourth-order valence-corrected chi connectivity index (χ4v) is 11.5. The summed E-state index contributed by atoms with van der Waals surface area (Å²) in [7, 11) is 0. The summed E-state index contributed by atoms with van der Waals surface area (Å²) < 4.78 is 11.2. The van der Waals surface area contributed by atoms with Crippen LogP contribution in [-0.4, -0.2) is 14.1 Å². The molecule has 0 fully saturated rings. The molecule has 74 heavy (non-hydrogen) atoms. The summed E-state index contributed by atoms with van der Waals surface area (Å²) in [6.07, 6.45) is 0. The summed E-state index contributed by atoms with van der Waals surface area (Å²) in [5.74, 6) is 0.857. The molecule has 5 heteroatoms. The van der Waals surface area contributed by atoms with Gasteiger partial charge in [0.2, 0.25) is 0 Å². The Kier molecular flexibility index (Phi) is 9.50. The summed E-state index contributed by atoms with van der Waals surface area (Å²) in [5.41, 5.74) is 17.1. The largest absolute Gasteiger partial charge is 0.456 e. The molecular weight excluding hydrogens is 901 g/mol. The number of hydrogen-bond acceptors (Lipinski definition) is 3. The van der Waals surface area contributed by atoms with Crippen LogP contribution in [0.25, 0.3) is 121 Å². The van der Waals surface area contributed by atoms with Crippen LogP contribution in [0.3, 0.4) is 0 Å². The third-order valence-electron chi connectivity index (χ3n) is 14.9. The van der Waals surface area contributed by atoms with E-state index in [2.05, 4.69) is 269 Å². The van der Waals surface area contributed by atoms with E-state index in [0.29, 0.717) is 0 Å². The highest BCUT2D eigenvalue weighted by molar-refractivity contribution is 6.24. The van der Waals surface area contributed by atoms with Crippen molar-refractivity contribution in [3.8, 4) is 45.0 Å². The third-order valence-corrected chi connectivity index (χ3v) is 14.9. The molecule has 15 aromatic rings. The predicted molar refractivity (Wildman–Crippen MR) is 309 cm³/mol. The van der Waals surface area contributed by atoms with Gasteiger partial charge in [-0.25, -0.2) is 4.98 Å². The van der Waals surface area contributed by atoms with Crippen LogP contribution in [0.15, 0.2) is 271 Å². The Morgan fingerprint density at radius 3 is 1.50 bits per heavy atom. The highest BCUT2D eigenvalue weighted by Gasteiger charge is 2.23. The van der Waals surface area contributed by atoms with E-state index in [1.807, 2.05) is 12.1 Å². The molecule has 3 aromatic heterocycles. The molecule has 0 aliphatic rings. The van der Waals surface area contributed by atoms with Gasteiger partial charge in [-0.05, 0) is 130 Å². The van der Waals surface area contributed by atoms with E-state index in [-0.39, 0.29) is 0 Å². The number of benzene rings is 12. The van der Waals surface area contributed by atoms with Gasteiger partial charge in [0.25, 0.3) is 0 Å². The smallest absolute Gasteiger partial charge is 0.145 e. The van der Waals surface area contributed by atoms with E-state index in [4.69, 9.17) is 9.40 Å². The van der Waals surface area contributed by atoms with Crippen molar-refractivity contribution in [1.29, 1.82) is 0 Å². The number of fused-ring (bicyclic) bond motifs is 12. The van der Waals surface area contributed by atoms with E-state index in [0.717, 1.165) is 89.1 Å². The Labute approximate surface area is 426 Å². The van der Waals surface area contributed by atoms with Gasteiger partial charge in [0.15, 0.2) is 0 Å². The minimum absolute atomic E-state index is 0.841. The lowest BCUT2D eigenvalue weighted by atomic mass is 10.00. The Hall–Kier alpha value is -9.97. The van der Waals surface area contributed by atoms with Crippen molar-refractivity contribution in [2.45, 2.75) is 0 Å². The maximum Gasteiger partial charge on any atom is 0.145 e. The quantitative estimate of drug-likeness (QED) is 0.143. The van der Waals surface area contributed by atoms with Crippen molar-refractivity contribution in [2.75, 3.05) is 4.90 Å². The lowest BCUT2D eigenvalue weighted by molar-refractivity contribution is 0.668. The average molecular weight is 945 g/mol. The van der Waals surface area contributed by atoms with E-state index in [1.165, 1.54) is 49.3 Å². The number of hydrogen-bond donors (Lipinski definition) is 0. The maximum absolute atomic E-state index is 6.51. The molecule has 5 nitrogen and oxygen atoms in total. The number of imidazole rings is 1.